The number of para-hydroxylation sites is 1. The van der Waals surface area contributed by atoms with E-state index in [9.17, 15) is 14.4 Å². The molecule has 0 spiro atoms. The van der Waals surface area contributed by atoms with Gasteiger partial charge in [-0.1, -0.05) is 28.8 Å². The molecule has 7 rings (SSSR count). The Hall–Kier alpha value is -3.92. The highest BCUT2D eigenvalue weighted by molar-refractivity contribution is 6.32. The first-order chi connectivity index (χ1) is 18.4. The molecular formula is C27H24ClN5O5. The van der Waals surface area contributed by atoms with E-state index in [0.717, 1.165) is 48.1 Å². The highest BCUT2D eigenvalue weighted by atomic mass is 35.5. The average molecular weight is 534 g/mol. The van der Waals surface area contributed by atoms with Gasteiger partial charge in [0, 0.05) is 29.1 Å². The number of carbonyl (C=O) groups is 3. The van der Waals surface area contributed by atoms with Crippen LogP contribution in [-0.4, -0.2) is 45.5 Å². The number of piperidine rings is 1. The number of ether oxygens (including phenoxy) is 1. The Labute approximate surface area is 222 Å². The molecule has 1 saturated heterocycles. The standard InChI is InChI=1S/C27H24ClN5O5/c28-19-12-15(11-17-18(19)13-33(25(17)36)20-6-7-21(34)29-23(20)35)27(8-9-27)30-26-32-31-24(38-26)16-5-1-3-14-4-2-10-37-22(14)16/h1,3,5,11-12,20H,2,4,6-10,13H2,(H,30,32)(H,29,34,35). The zero-order valence-corrected chi connectivity index (χ0v) is 21.1. The van der Waals surface area contributed by atoms with Crippen molar-refractivity contribution in [2.45, 2.75) is 56.7 Å². The minimum absolute atomic E-state index is 0.201. The molecule has 1 saturated carbocycles. The van der Waals surface area contributed by atoms with Gasteiger partial charge in [0.2, 0.25) is 11.8 Å². The summed E-state index contributed by atoms with van der Waals surface area (Å²) < 4.78 is 11.9. The fourth-order valence-corrected chi connectivity index (χ4v) is 5.93. The van der Waals surface area contributed by atoms with Crippen LogP contribution >= 0.6 is 11.6 Å². The number of fused-ring (bicyclic) bond motifs is 2. The van der Waals surface area contributed by atoms with Crippen LogP contribution in [0.1, 0.15) is 59.2 Å². The van der Waals surface area contributed by atoms with Crippen LogP contribution in [0.25, 0.3) is 11.5 Å². The maximum absolute atomic E-state index is 13.3. The Kier molecular flexibility index (Phi) is 5.23. The van der Waals surface area contributed by atoms with Gasteiger partial charge in [0.1, 0.15) is 11.8 Å². The number of hydrogen-bond donors (Lipinski definition) is 2. The number of aromatic nitrogens is 2. The molecule has 4 aliphatic rings. The first kappa shape index (κ1) is 23.2. The molecule has 11 heteroatoms. The molecule has 194 valence electrons. The number of carbonyl (C=O) groups excluding carboxylic acids is 3. The number of halogens is 1. The monoisotopic (exact) mass is 533 g/mol. The summed E-state index contributed by atoms with van der Waals surface area (Å²) in [5, 5.41) is 14.6. The number of rotatable bonds is 5. The van der Waals surface area contributed by atoms with Crippen molar-refractivity contribution >= 4 is 35.3 Å². The predicted octanol–water partition coefficient (Wildman–Crippen LogP) is 3.58. The molecule has 38 heavy (non-hydrogen) atoms. The van der Waals surface area contributed by atoms with E-state index in [4.69, 9.17) is 20.8 Å². The van der Waals surface area contributed by atoms with E-state index in [1.165, 1.54) is 4.90 Å². The largest absolute Gasteiger partial charge is 0.492 e. The van der Waals surface area contributed by atoms with E-state index in [0.29, 0.717) is 35.1 Å². The van der Waals surface area contributed by atoms with Crippen molar-refractivity contribution in [2.75, 3.05) is 11.9 Å². The van der Waals surface area contributed by atoms with Gasteiger partial charge in [-0.25, -0.2) is 0 Å². The lowest BCUT2D eigenvalue weighted by Gasteiger charge is -2.29. The topological polar surface area (TPSA) is 127 Å². The van der Waals surface area contributed by atoms with Crippen molar-refractivity contribution in [3.8, 4) is 17.2 Å². The van der Waals surface area contributed by atoms with Gasteiger partial charge in [0.15, 0.2) is 0 Å². The molecule has 1 aliphatic carbocycles. The molecular weight excluding hydrogens is 510 g/mol. The minimum atomic E-state index is -0.690. The Morgan fingerprint density at radius 1 is 1.11 bits per heavy atom. The lowest BCUT2D eigenvalue weighted by molar-refractivity contribution is -0.136. The number of hydrogen-bond acceptors (Lipinski definition) is 8. The molecule has 3 amide bonds. The second-order valence-corrected chi connectivity index (χ2v) is 10.7. The molecule has 1 unspecified atom stereocenters. The lowest BCUT2D eigenvalue weighted by atomic mass is 9.99. The fraction of sp³-hybridized carbons (Fsp3) is 0.370. The molecule has 2 fully saturated rings. The van der Waals surface area contributed by atoms with Gasteiger partial charge in [-0.05, 0) is 61.4 Å². The second kappa shape index (κ2) is 8.56. The minimum Gasteiger partial charge on any atom is -0.492 e. The summed E-state index contributed by atoms with van der Waals surface area (Å²) in [6, 6.07) is 9.21. The van der Waals surface area contributed by atoms with Crippen LogP contribution in [0.5, 0.6) is 5.75 Å². The van der Waals surface area contributed by atoms with Gasteiger partial charge < -0.3 is 19.4 Å². The third kappa shape index (κ3) is 3.74. The normalized spacial score (nSPS) is 21.4. The number of nitrogens with one attached hydrogen (secondary N) is 2. The van der Waals surface area contributed by atoms with Gasteiger partial charge in [-0.15, -0.1) is 5.10 Å². The quantitative estimate of drug-likeness (QED) is 0.476. The van der Waals surface area contributed by atoms with Gasteiger partial charge >= 0.3 is 6.01 Å². The number of nitrogens with zero attached hydrogens (tertiary/aromatic N) is 3. The van der Waals surface area contributed by atoms with E-state index in [1.54, 1.807) is 0 Å². The Morgan fingerprint density at radius 2 is 1.97 bits per heavy atom. The summed E-state index contributed by atoms with van der Waals surface area (Å²) in [6.45, 7) is 0.890. The third-order valence-corrected chi connectivity index (χ3v) is 8.18. The predicted molar refractivity (Wildman–Crippen MR) is 136 cm³/mol. The summed E-state index contributed by atoms with van der Waals surface area (Å²) in [4.78, 5) is 38.8. The van der Waals surface area contributed by atoms with Crippen molar-refractivity contribution in [1.82, 2.24) is 20.4 Å². The highest BCUT2D eigenvalue weighted by Crippen LogP contribution is 2.50. The lowest BCUT2D eigenvalue weighted by Crippen LogP contribution is -2.52. The molecule has 3 aliphatic heterocycles. The first-order valence-electron chi connectivity index (χ1n) is 12.8. The van der Waals surface area contributed by atoms with Crippen LogP contribution in [0.15, 0.2) is 34.7 Å². The van der Waals surface area contributed by atoms with Crippen molar-refractivity contribution in [2.24, 2.45) is 0 Å². The van der Waals surface area contributed by atoms with E-state index in [1.807, 2.05) is 30.3 Å². The number of benzene rings is 2. The van der Waals surface area contributed by atoms with E-state index >= 15 is 0 Å². The van der Waals surface area contributed by atoms with Crippen LogP contribution in [0.3, 0.4) is 0 Å². The van der Waals surface area contributed by atoms with E-state index in [-0.39, 0.29) is 30.8 Å². The summed E-state index contributed by atoms with van der Waals surface area (Å²) in [5.41, 5.74) is 3.42. The van der Waals surface area contributed by atoms with Crippen LogP contribution in [0.4, 0.5) is 6.01 Å². The van der Waals surface area contributed by atoms with E-state index in [2.05, 4.69) is 20.8 Å². The number of amides is 3. The number of aryl methyl sites for hydroxylation is 1. The number of imide groups is 1. The summed E-state index contributed by atoms with van der Waals surface area (Å²) in [7, 11) is 0. The zero-order valence-electron chi connectivity index (χ0n) is 20.4. The SMILES string of the molecule is O=C1CCC(N2Cc3c(Cl)cc(C4(Nc5nnc(-c6cccc7c6OCCC7)o5)CC4)cc3C2=O)C(=O)N1. The highest BCUT2D eigenvalue weighted by Gasteiger charge is 2.48. The molecule has 4 heterocycles. The van der Waals surface area contributed by atoms with Crippen LogP contribution < -0.4 is 15.4 Å². The van der Waals surface area contributed by atoms with Crippen molar-refractivity contribution < 1.29 is 23.5 Å². The Morgan fingerprint density at radius 3 is 2.79 bits per heavy atom. The number of anilines is 1. The smallest absolute Gasteiger partial charge is 0.316 e. The molecule has 10 nitrogen and oxygen atoms in total. The molecule has 2 aromatic carbocycles. The summed E-state index contributed by atoms with van der Waals surface area (Å²) >= 11 is 6.67. The summed E-state index contributed by atoms with van der Waals surface area (Å²) in [6.07, 6.45) is 4.03. The first-order valence-corrected chi connectivity index (χ1v) is 13.1. The Bertz CT molecular complexity index is 1510. The van der Waals surface area contributed by atoms with Crippen molar-refractivity contribution in [1.29, 1.82) is 0 Å². The summed E-state index contributed by atoms with van der Waals surface area (Å²) in [5.74, 6) is 0.143. The van der Waals surface area contributed by atoms with Crippen LogP contribution in [0.2, 0.25) is 5.02 Å². The molecule has 2 N–H and O–H groups in total. The van der Waals surface area contributed by atoms with Gasteiger partial charge in [-0.3, -0.25) is 19.7 Å². The Balaban J connectivity index is 1.14. The second-order valence-electron chi connectivity index (χ2n) is 10.2. The fourth-order valence-electron chi connectivity index (χ4n) is 5.65. The zero-order chi connectivity index (χ0) is 26.0. The van der Waals surface area contributed by atoms with Gasteiger partial charge in [-0.2, -0.15) is 0 Å². The van der Waals surface area contributed by atoms with Crippen LogP contribution in [-0.2, 0) is 28.1 Å². The molecule has 0 radical (unpaired) electrons. The molecule has 0 bridgehead atoms. The third-order valence-electron chi connectivity index (χ3n) is 7.84. The maximum atomic E-state index is 13.3. The molecule has 1 atom stereocenters. The van der Waals surface area contributed by atoms with Crippen molar-refractivity contribution in [3.05, 3.63) is 57.6 Å². The average Bonchev–Trinajstić information content (AvgIpc) is 3.42. The van der Waals surface area contributed by atoms with E-state index < -0.39 is 17.5 Å². The molecule has 3 aromatic rings. The molecule has 1 aromatic heterocycles. The van der Waals surface area contributed by atoms with Gasteiger partial charge in [0.25, 0.3) is 11.8 Å². The van der Waals surface area contributed by atoms with Gasteiger partial charge in [0.05, 0.1) is 17.7 Å². The maximum Gasteiger partial charge on any atom is 0.316 e. The van der Waals surface area contributed by atoms with Crippen LogP contribution in [0, 0.1) is 0 Å². The van der Waals surface area contributed by atoms with Crippen molar-refractivity contribution in [3.63, 3.8) is 0 Å².